The van der Waals surface area contributed by atoms with Gasteiger partial charge in [0.05, 0.1) is 13.0 Å². The van der Waals surface area contributed by atoms with Crippen molar-refractivity contribution in [3.63, 3.8) is 0 Å². The lowest BCUT2D eigenvalue weighted by Crippen LogP contribution is -2.24. The number of ketones is 1. The highest BCUT2D eigenvalue weighted by atomic mass is 16.5. The minimum Gasteiger partial charge on any atom is -0.493 e. The first-order chi connectivity index (χ1) is 15.0. The molecule has 0 fully saturated rings. The molecule has 0 spiro atoms. The molecule has 2 amide bonds. The fourth-order valence-corrected chi connectivity index (χ4v) is 2.83. The highest BCUT2D eigenvalue weighted by molar-refractivity contribution is 6.04. The van der Waals surface area contributed by atoms with E-state index in [1.807, 2.05) is 30.3 Å². The van der Waals surface area contributed by atoms with Gasteiger partial charge in [-0.15, -0.1) is 0 Å². The number of hydrogen-bond donors (Lipinski definition) is 2. The summed E-state index contributed by atoms with van der Waals surface area (Å²) in [4.78, 5) is 35.7. The molecular formula is C25H24N2O4. The number of anilines is 1. The minimum absolute atomic E-state index is 0.0238. The maximum absolute atomic E-state index is 12.4. The Labute approximate surface area is 181 Å². The molecule has 31 heavy (non-hydrogen) atoms. The van der Waals surface area contributed by atoms with Crippen LogP contribution in [0.5, 0.6) is 5.75 Å². The zero-order valence-corrected chi connectivity index (χ0v) is 17.3. The molecule has 0 aliphatic heterocycles. The Kier molecular flexibility index (Phi) is 7.54. The maximum Gasteiger partial charge on any atom is 0.255 e. The van der Waals surface area contributed by atoms with Gasteiger partial charge in [-0.1, -0.05) is 30.3 Å². The standard InChI is InChI=1S/C25H24N2O4/c1-18(28)20-11-13-22(14-12-20)27-25(30)21-9-7-19(8-10-21)17-26-24(29)15-16-31-23-5-3-2-4-6-23/h2-14H,15-17H2,1H3,(H,26,29)(H,27,30). The molecule has 0 radical (unpaired) electrons. The summed E-state index contributed by atoms with van der Waals surface area (Å²) in [6.07, 6.45) is 0.262. The van der Waals surface area contributed by atoms with Crippen molar-refractivity contribution in [3.05, 3.63) is 95.6 Å². The first-order valence-electron chi connectivity index (χ1n) is 9.97. The van der Waals surface area contributed by atoms with Crippen molar-refractivity contribution in [3.8, 4) is 5.75 Å². The number of para-hydroxylation sites is 1. The molecule has 0 aliphatic carbocycles. The lowest BCUT2D eigenvalue weighted by Gasteiger charge is -2.09. The van der Waals surface area contributed by atoms with E-state index < -0.39 is 0 Å². The van der Waals surface area contributed by atoms with Crippen LogP contribution in [-0.4, -0.2) is 24.2 Å². The average molecular weight is 416 g/mol. The highest BCUT2D eigenvalue weighted by Gasteiger charge is 2.08. The summed E-state index contributed by atoms with van der Waals surface area (Å²) < 4.78 is 5.52. The molecule has 6 nitrogen and oxygen atoms in total. The smallest absolute Gasteiger partial charge is 0.255 e. The van der Waals surface area contributed by atoms with Crippen molar-refractivity contribution < 1.29 is 19.1 Å². The van der Waals surface area contributed by atoms with Gasteiger partial charge >= 0.3 is 0 Å². The highest BCUT2D eigenvalue weighted by Crippen LogP contribution is 2.13. The van der Waals surface area contributed by atoms with Gasteiger partial charge in [0.15, 0.2) is 5.78 Å². The van der Waals surface area contributed by atoms with Gasteiger partial charge < -0.3 is 15.4 Å². The van der Waals surface area contributed by atoms with E-state index in [1.54, 1.807) is 48.5 Å². The van der Waals surface area contributed by atoms with Gasteiger partial charge in [0, 0.05) is 23.4 Å². The topological polar surface area (TPSA) is 84.5 Å². The van der Waals surface area contributed by atoms with Gasteiger partial charge in [-0.3, -0.25) is 14.4 Å². The van der Waals surface area contributed by atoms with Crippen molar-refractivity contribution in [1.82, 2.24) is 5.32 Å². The fourth-order valence-electron chi connectivity index (χ4n) is 2.83. The van der Waals surface area contributed by atoms with Gasteiger partial charge in [-0.2, -0.15) is 0 Å². The second kappa shape index (κ2) is 10.7. The Balaban J connectivity index is 1.43. The van der Waals surface area contributed by atoms with Gasteiger partial charge in [-0.25, -0.2) is 0 Å². The van der Waals surface area contributed by atoms with Crippen molar-refractivity contribution in [2.75, 3.05) is 11.9 Å². The molecule has 0 bridgehead atoms. The van der Waals surface area contributed by atoms with E-state index in [0.717, 1.165) is 11.3 Å². The zero-order chi connectivity index (χ0) is 22.1. The molecule has 0 unspecified atom stereocenters. The van der Waals surface area contributed by atoms with E-state index in [2.05, 4.69) is 10.6 Å². The number of ether oxygens (including phenoxy) is 1. The van der Waals surface area contributed by atoms with Crippen LogP contribution in [-0.2, 0) is 11.3 Å². The summed E-state index contributed by atoms with van der Waals surface area (Å²) in [6.45, 7) is 2.18. The van der Waals surface area contributed by atoms with Crippen LogP contribution in [0.4, 0.5) is 5.69 Å². The van der Waals surface area contributed by atoms with Crippen LogP contribution in [0.3, 0.4) is 0 Å². The third kappa shape index (κ3) is 6.82. The van der Waals surface area contributed by atoms with Crippen LogP contribution in [0, 0.1) is 0 Å². The average Bonchev–Trinajstić information content (AvgIpc) is 2.79. The van der Waals surface area contributed by atoms with E-state index in [-0.39, 0.29) is 24.0 Å². The molecule has 0 saturated carbocycles. The van der Waals surface area contributed by atoms with E-state index in [9.17, 15) is 14.4 Å². The largest absolute Gasteiger partial charge is 0.493 e. The zero-order valence-electron chi connectivity index (χ0n) is 17.3. The molecule has 3 aromatic rings. The number of benzene rings is 3. The summed E-state index contributed by atoms with van der Waals surface area (Å²) in [5.41, 5.74) is 2.60. The van der Waals surface area contributed by atoms with Crippen molar-refractivity contribution in [1.29, 1.82) is 0 Å². The van der Waals surface area contributed by atoms with Crippen LogP contribution >= 0.6 is 0 Å². The number of Topliss-reactive ketones (excluding diaryl/α,β-unsaturated/α-hetero) is 1. The molecule has 0 aromatic heterocycles. The predicted molar refractivity (Wildman–Crippen MR) is 119 cm³/mol. The summed E-state index contributed by atoms with van der Waals surface area (Å²) in [6, 6.07) is 23.1. The Morgan fingerprint density at radius 1 is 0.806 bits per heavy atom. The van der Waals surface area contributed by atoms with Crippen LogP contribution in [0.1, 0.15) is 39.6 Å². The van der Waals surface area contributed by atoms with E-state index >= 15 is 0 Å². The second-order valence-electron chi connectivity index (χ2n) is 6.97. The van der Waals surface area contributed by atoms with Gasteiger partial charge in [-0.05, 0) is 61.0 Å². The Morgan fingerprint density at radius 3 is 2.10 bits per heavy atom. The SMILES string of the molecule is CC(=O)c1ccc(NC(=O)c2ccc(CNC(=O)CCOc3ccccc3)cc2)cc1. The van der Waals surface area contributed by atoms with Crippen LogP contribution in [0.15, 0.2) is 78.9 Å². The molecule has 0 saturated heterocycles. The molecule has 6 heteroatoms. The van der Waals surface area contributed by atoms with Crippen LogP contribution in [0.25, 0.3) is 0 Å². The minimum atomic E-state index is -0.246. The first kappa shape index (κ1) is 21.8. The van der Waals surface area contributed by atoms with Gasteiger partial charge in [0.25, 0.3) is 5.91 Å². The number of amides is 2. The van der Waals surface area contributed by atoms with Gasteiger partial charge in [0.2, 0.25) is 5.91 Å². The van der Waals surface area contributed by atoms with Crippen LogP contribution in [0.2, 0.25) is 0 Å². The fraction of sp³-hybridized carbons (Fsp3) is 0.160. The number of rotatable bonds is 9. The number of hydrogen-bond acceptors (Lipinski definition) is 4. The first-order valence-corrected chi connectivity index (χ1v) is 9.97. The van der Waals surface area contributed by atoms with Crippen molar-refractivity contribution >= 4 is 23.3 Å². The molecule has 0 heterocycles. The molecule has 0 aliphatic rings. The summed E-state index contributed by atoms with van der Waals surface area (Å²) in [5, 5.41) is 5.64. The molecule has 3 rings (SSSR count). The predicted octanol–water partition coefficient (Wildman–Crippen LogP) is 4.23. The Bertz CT molecular complexity index is 1030. The lowest BCUT2D eigenvalue weighted by atomic mass is 10.1. The summed E-state index contributed by atoms with van der Waals surface area (Å²) in [5.74, 6) is 0.360. The number of nitrogens with one attached hydrogen (secondary N) is 2. The van der Waals surface area contributed by atoms with Crippen LogP contribution < -0.4 is 15.4 Å². The maximum atomic E-state index is 12.4. The molecule has 0 atom stereocenters. The third-order valence-electron chi connectivity index (χ3n) is 4.60. The number of carbonyl (C=O) groups is 3. The molecule has 158 valence electrons. The normalized spacial score (nSPS) is 10.2. The quantitative estimate of drug-likeness (QED) is 0.512. The lowest BCUT2D eigenvalue weighted by molar-refractivity contribution is -0.121. The third-order valence-corrected chi connectivity index (χ3v) is 4.60. The van der Waals surface area contributed by atoms with E-state index in [0.29, 0.717) is 30.0 Å². The Hall–Kier alpha value is -3.93. The Morgan fingerprint density at radius 2 is 1.45 bits per heavy atom. The molecular weight excluding hydrogens is 392 g/mol. The van der Waals surface area contributed by atoms with E-state index in [4.69, 9.17) is 4.74 Å². The van der Waals surface area contributed by atoms with Crippen molar-refractivity contribution in [2.45, 2.75) is 19.9 Å². The summed E-state index contributed by atoms with van der Waals surface area (Å²) in [7, 11) is 0. The van der Waals surface area contributed by atoms with Gasteiger partial charge in [0.1, 0.15) is 5.75 Å². The summed E-state index contributed by atoms with van der Waals surface area (Å²) >= 11 is 0. The molecule has 2 N–H and O–H groups in total. The molecule has 3 aromatic carbocycles. The van der Waals surface area contributed by atoms with E-state index in [1.165, 1.54) is 6.92 Å². The monoisotopic (exact) mass is 416 g/mol. The van der Waals surface area contributed by atoms with Crippen molar-refractivity contribution in [2.24, 2.45) is 0 Å². The second-order valence-corrected chi connectivity index (χ2v) is 6.97. The number of carbonyl (C=O) groups excluding carboxylic acids is 3.